The summed E-state index contributed by atoms with van der Waals surface area (Å²) in [6.07, 6.45) is 6.13. The van der Waals surface area contributed by atoms with E-state index in [-0.39, 0.29) is 20.4 Å². The number of nitrogens with zero attached hydrogens (tertiary/aromatic N) is 2. The van der Waals surface area contributed by atoms with Gasteiger partial charge in [0.15, 0.2) is 0 Å². The van der Waals surface area contributed by atoms with Gasteiger partial charge in [0, 0.05) is 20.4 Å². The number of rotatable bonds is 2. The van der Waals surface area contributed by atoms with E-state index in [1.807, 2.05) is 38.4 Å². The van der Waals surface area contributed by atoms with E-state index in [4.69, 9.17) is 19.8 Å². The second kappa shape index (κ2) is 18.0. The molecule has 1 aliphatic heterocycles. The van der Waals surface area contributed by atoms with Gasteiger partial charge in [-0.1, -0.05) is 29.8 Å². The molecule has 150 valence electrons. The summed E-state index contributed by atoms with van der Waals surface area (Å²) in [5.41, 5.74) is 2.65. The first kappa shape index (κ1) is 28.9. The Labute approximate surface area is 171 Å². The Bertz CT molecular complexity index is 499. The fraction of sp³-hybridized carbons (Fsp3) is 0.368. The number of carbonyl (C=O) groups is 2. The van der Waals surface area contributed by atoms with Crippen molar-refractivity contribution >= 4 is 11.9 Å². The fourth-order valence-corrected chi connectivity index (χ4v) is 1.50. The second-order valence-corrected chi connectivity index (χ2v) is 5.35. The van der Waals surface area contributed by atoms with E-state index in [1.54, 1.807) is 0 Å². The molecule has 0 spiro atoms. The predicted octanol–water partition coefficient (Wildman–Crippen LogP) is 3.74. The van der Waals surface area contributed by atoms with Crippen LogP contribution < -0.4 is 0 Å². The molecule has 0 saturated carbocycles. The molecule has 26 heavy (non-hydrogen) atoms. The van der Waals surface area contributed by atoms with Crippen molar-refractivity contribution in [1.29, 1.82) is 0 Å². The zero-order valence-corrected chi connectivity index (χ0v) is 17.8. The monoisotopic (exact) mass is 456 g/mol. The number of aryl methyl sites for hydroxylation is 1. The molecular weight excluding hydrogens is 427 g/mol. The topological polar surface area (TPSA) is 81.1 Å². The van der Waals surface area contributed by atoms with Crippen molar-refractivity contribution < 1.29 is 40.2 Å². The van der Waals surface area contributed by atoms with Gasteiger partial charge in [-0.15, -0.1) is 0 Å². The van der Waals surface area contributed by atoms with Crippen molar-refractivity contribution in [3.63, 3.8) is 0 Å². The molecule has 2 rings (SSSR count). The van der Waals surface area contributed by atoms with E-state index in [9.17, 15) is 0 Å². The van der Waals surface area contributed by atoms with Crippen LogP contribution in [0, 0.1) is 20.0 Å². The van der Waals surface area contributed by atoms with Crippen molar-refractivity contribution in [3.8, 4) is 0 Å². The molecule has 1 aliphatic rings. The molecule has 0 unspecified atom stereocenters. The van der Waals surface area contributed by atoms with E-state index in [0.29, 0.717) is 0 Å². The zero-order chi connectivity index (χ0) is 19.8. The Morgan fingerprint density at radius 3 is 1.73 bits per heavy atom. The maximum Gasteiger partial charge on any atom is 2.00 e. The van der Waals surface area contributed by atoms with Crippen molar-refractivity contribution in [2.75, 3.05) is 7.05 Å². The van der Waals surface area contributed by atoms with Crippen LogP contribution in [0.1, 0.15) is 38.8 Å². The average Bonchev–Trinajstić information content (AvgIpc) is 2.86. The van der Waals surface area contributed by atoms with Crippen LogP contribution in [-0.2, 0) is 36.6 Å². The third-order valence-corrected chi connectivity index (χ3v) is 2.31. The maximum atomic E-state index is 9.00. The number of hydrogen-bond acceptors (Lipinski definition) is 4. The first-order chi connectivity index (χ1) is 11.6. The summed E-state index contributed by atoms with van der Waals surface area (Å²) in [5.74, 6) is -1.67. The molecule has 0 aromatic heterocycles. The van der Waals surface area contributed by atoms with E-state index in [2.05, 4.69) is 49.0 Å². The fourth-order valence-electron chi connectivity index (χ4n) is 1.50. The van der Waals surface area contributed by atoms with E-state index >= 15 is 0 Å². The molecule has 0 atom stereocenters. The second-order valence-electron chi connectivity index (χ2n) is 5.35. The van der Waals surface area contributed by atoms with Gasteiger partial charge in [0.2, 0.25) is 0 Å². The third kappa shape index (κ3) is 22.2. The Kier molecular flexibility index (Phi) is 20.0. The smallest absolute Gasteiger partial charge is 0.511 e. The van der Waals surface area contributed by atoms with E-state index in [1.165, 1.54) is 11.1 Å². The molecule has 0 bridgehead atoms. The van der Waals surface area contributed by atoms with Gasteiger partial charge in [-0.3, -0.25) is 9.59 Å². The van der Waals surface area contributed by atoms with Crippen LogP contribution in [0.25, 0.3) is 0 Å². The third-order valence-electron chi connectivity index (χ3n) is 2.31. The molecule has 7 heteroatoms. The van der Waals surface area contributed by atoms with Gasteiger partial charge in [-0.2, -0.15) is 20.5 Å². The normalized spacial score (nSPS) is 10.8. The Hall–Kier alpha value is -1.84. The molecule has 0 aliphatic carbocycles. The predicted molar refractivity (Wildman–Crippen MR) is 100 cm³/mol. The van der Waals surface area contributed by atoms with Crippen molar-refractivity contribution in [2.45, 2.75) is 41.2 Å². The van der Waals surface area contributed by atoms with E-state index < -0.39 is 11.9 Å². The molecule has 0 fully saturated rings. The summed E-state index contributed by atoms with van der Waals surface area (Å²) in [7, 11) is 2.03. The van der Waals surface area contributed by atoms with Crippen LogP contribution in [0.5, 0.6) is 0 Å². The van der Waals surface area contributed by atoms with Crippen LogP contribution in [0.4, 0.5) is 0 Å². The maximum absolute atomic E-state index is 9.00. The summed E-state index contributed by atoms with van der Waals surface area (Å²) < 4.78 is 0. The summed E-state index contributed by atoms with van der Waals surface area (Å²) >= 11 is 0. The number of hydrogen-bond donors (Lipinski definition) is 2. The van der Waals surface area contributed by atoms with Gasteiger partial charge in [0.25, 0.3) is 11.9 Å². The first-order valence-electron chi connectivity index (χ1n) is 7.81. The molecule has 0 radical (unpaired) electrons. The van der Waals surface area contributed by atoms with E-state index in [0.717, 1.165) is 20.4 Å². The Morgan fingerprint density at radius 2 is 1.42 bits per heavy atom. The molecule has 1 aromatic carbocycles. The molecule has 1 heterocycles. The van der Waals surface area contributed by atoms with Crippen LogP contribution in [0.15, 0.2) is 36.7 Å². The number of carboxylic acids is 2. The van der Waals surface area contributed by atoms with Crippen LogP contribution in [0.3, 0.4) is 0 Å². The molecule has 2 N–H and O–H groups in total. The number of carboxylic acid groups (broad SMARTS) is 2. The minimum Gasteiger partial charge on any atom is -0.511 e. The molecule has 6 nitrogen and oxygen atoms in total. The zero-order valence-electron chi connectivity index (χ0n) is 16.2. The average molecular weight is 457 g/mol. The molecule has 0 saturated heterocycles. The standard InChI is InChI=1S/C12H15N2.C3H7.2C2H4O2.Pd/c1-11-3-5-12(6-4-11)9-14-8-7-13(2)10-14;1-3-2;2*1-2(3)4;/h3-8,10H,9H2,1-2H3;3H,1-2H3;2*1H3,(H,3,4);/q2*-1;;;+2. The van der Waals surface area contributed by atoms with Crippen LogP contribution in [0.2, 0.25) is 0 Å². The van der Waals surface area contributed by atoms with Crippen molar-refractivity contribution in [1.82, 2.24) is 9.80 Å². The summed E-state index contributed by atoms with van der Waals surface area (Å²) in [4.78, 5) is 22.2. The van der Waals surface area contributed by atoms with Gasteiger partial charge in [-0.25, -0.2) is 0 Å². The van der Waals surface area contributed by atoms with Crippen molar-refractivity contribution in [3.05, 3.63) is 60.9 Å². The SMILES string of the molecule is CC(=O)O.CC(=O)O.C[CH-]C.Cc1ccc(CN2C=CN(C)[CH-]2)cc1.[Pd+2]. The van der Waals surface area contributed by atoms with Crippen LogP contribution >= 0.6 is 0 Å². The molecule has 0 amide bonds. The number of aliphatic carboxylic acids is 2. The summed E-state index contributed by atoms with van der Waals surface area (Å²) in [5, 5.41) is 14.8. The van der Waals surface area contributed by atoms with Gasteiger partial charge in [0.05, 0.1) is 0 Å². The summed E-state index contributed by atoms with van der Waals surface area (Å²) in [6, 6.07) is 8.66. The van der Waals surface area contributed by atoms with Gasteiger partial charge in [-0.05, 0) is 31.9 Å². The van der Waals surface area contributed by atoms with Crippen molar-refractivity contribution in [2.24, 2.45) is 0 Å². The van der Waals surface area contributed by atoms with Gasteiger partial charge in [0.1, 0.15) is 0 Å². The quantitative estimate of drug-likeness (QED) is 0.521. The van der Waals surface area contributed by atoms with Gasteiger partial charge < -0.3 is 26.4 Å². The molecular formula is C19H30N2O4Pd. The Balaban J connectivity index is -0.000000370. The number of benzene rings is 1. The molecule has 1 aromatic rings. The van der Waals surface area contributed by atoms with Crippen LogP contribution in [-0.4, -0.2) is 39.0 Å². The first-order valence-corrected chi connectivity index (χ1v) is 7.81. The summed E-state index contributed by atoms with van der Waals surface area (Å²) in [6.45, 7) is 11.3. The Morgan fingerprint density at radius 1 is 1.04 bits per heavy atom. The largest absolute Gasteiger partial charge is 2.00 e. The minimum absolute atomic E-state index is 0. The van der Waals surface area contributed by atoms with Gasteiger partial charge >= 0.3 is 20.4 Å². The minimum atomic E-state index is -0.833.